The summed E-state index contributed by atoms with van der Waals surface area (Å²) in [5, 5.41) is 52.6. The number of benzene rings is 2. The van der Waals surface area contributed by atoms with Crippen molar-refractivity contribution in [2.75, 3.05) is 50.2 Å². The summed E-state index contributed by atoms with van der Waals surface area (Å²) >= 11 is 0. The summed E-state index contributed by atoms with van der Waals surface area (Å²) in [6, 6.07) is 14.4. The molecule has 20 nitrogen and oxygen atoms in total. The second-order valence-electron chi connectivity index (χ2n) is 16.1. The normalized spacial score (nSPS) is 15.7. The van der Waals surface area contributed by atoms with Crippen LogP contribution in [0.15, 0.2) is 60.7 Å². The lowest BCUT2D eigenvalue weighted by molar-refractivity contribution is -0.135. The monoisotopic (exact) mass is 970 g/mol. The van der Waals surface area contributed by atoms with E-state index in [1.54, 1.807) is 13.8 Å². The molecular formula is C44H74N8O12S2. The fourth-order valence-electron chi connectivity index (χ4n) is 6.58. The Labute approximate surface area is 390 Å². The molecule has 2 aromatic carbocycles. The number of amides is 4. The van der Waals surface area contributed by atoms with Crippen LogP contribution in [0.4, 0.5) is 0 Å². The molecule has 0 saturated heterocycles. The Balaban J connectivity index is 0.000000660. The van der Waals surface area contributed by atoms with E-state index in [9.17, 15) is 56.1 Å². The SMILES string of the molecule is CCCC(NC(=O)C(CS(C)(=O)=O)NCC)C(=O)C(O)NCC(=O)NC(C)c1ccccc1.CCCC(NC(=O)C(CS(C)(=O)=O)NCC)C(O)C(O)NCC(=O)NC(C)c1ccccc1. The van der Waals surface area contributed by atoms with Crippen molar-refractivity contribution in [2.24, 2.45) is 0 Å². The van der Waals surface area contributed by atoms with Gasteiger partial charge in [0.05, 0.1) is 48.8 Å². The number of sulfone groups is 2. The number of aliphatic hydroxyl groups is 3. The summed E-state index contributed by atoms with van der Waals surface area (Å²) in [6.07, 6.45) is -0.762. The molecule has 374 valence electrons. The third-order valence-corrected chi connectivity index (χ3v) is 11.8. The zero-order valence-electron chi connectivity index (χ0n) is 39.4. The van der Waals surface area contributed by atoms with Gasteiger partial charge in [0.2, 0.25) is 23.6 Å². The number of likely N-dealkylation sites (N-methyl/N-ethyl adjacent to an activating group) is 2. The van der Waals surface area contributed by atoms with Crippen LogP contribution in [0.5, 0.6) is 0 Å². The average molecular weight is 971 g/mol. The van der Waals surface area contributed by atoms with E-state index in [-0.39, 0.29) is 43.3 Å². The lowest BCUT2D eigenvalue weighted by Gasteiger charge is -2.29. The standard InChI is InChI=1S/C22H38N4O6S.C22H36N4O6S/c2*1-5-10-17(26-21(29)18(23-6-2)14-33(4,31)32)20(28)22(30)24-13-19(27)25-15(3)16-11-8-7-9-12-16/h7-9,11-12,15,17-18,20,22-24,28,30H,5-6,10,13-14H2,1-4H3,(H,25,27)(H,26,29);7-9,11-12,15,17-18,22-24,30H,5-6,10,13-14H2,1-4H3,(H,25,27)(H,26,29). The van der Waals surface area contributed by atoms with Crippen molar-refractivity contribution < 1.29 is 56.1 Å². The maximum Gasteiger partial charge on any atom is 0.238 e. The number of aliphatic hydroxyl groups excluding tert-OH is 3. The van der Waals surface area contributed by atoms with Gasteiger partial charge in [0.25, 0.3) is 0 Å². The van der Waals surface area contributed by atoms with Gasteiger partial charge in [-0.2, -0.15) is 0 Å². The van der Waals surface area contributed by atoms with E-state index in [4.69, 9.17) is 0 Å². The topological polar surface area (TPSA) is 311 Å². The third-order valence-electron chi connectivity index (χ3n) is 9.92. The Morgan fingerprint density at radius 3 is 1.35 bits per heavy atom. The first-order valence-electron chi connectivity index (χ1n) is 22.1. The van der Waals surface area contributed by atoms with Crippen LogP contribution in [0, 0.1) is 0 Å². The van der Waals surface area contributed by atoms with Gasteiger partial charge in [-0.05, 0) is 50.9 Å². The Kier molecular flexibility index (Phi) is 27.8. The molecule has 0 aromatic heterocycles. The number of ketones is 1. The molecule has 0 aliphatic rings. The quantitative estimate of drug-likeness (QED) is 0.0423. The fraction of sp³-hybridized carbons (Fsp3) is 0.614. The number of nitrogens with one attached hydrogen (secondary N) is 8. The van der Waals surface area contributed by atoms with Crippen LogP contribution in [-0.4, -0.2) is 154 Å². The predicted octanol–water partition coefficient (Wildman–Crippen LogP) is -0.911. The molecule has 4 amide bonds. The first-order valence-corrected chi connectivity index (χ1v) is 26.2. The first-order chi connectivity index (χ1) is 31.0. The van der Waals surface area contributed by atoms with Gasteiger partial charge >= 0.3 is 0 Å². The number of Topliss-reactive ketones (excluding diaryl/α,β-unsaturated/α-hetero) is 1. The molecule has 0 radical (unpaired) electrons. The van der Waals surface area contributed by atoms with E-state index in [1.807, 2.05) is 88.4 Å². The van der Waals surface area contributed by atoms with Crippen LogP contribution in [0.2, 0.25) is 0 Å². The first kappa shape index (κ1) is 59.6. The second-order valence-corrected chi connectivity index (χ2v) is 20.4. The molecule has 0 aliphatic carbocycles. The zero-order chi connectivity index (χ0) is 50.0. The minimum Gasteiger partial charge on any atom is -0.387 e. The highest BCUT2D eigenvalue weighted by molar-refractivity contribution is 7.91. The Bertz CT molecular complexity index is 2000. The van der Waals surface area contributed by atoms with E-state index >= 15 is 0 Å². The lowest BCUT2D eigenvalue weighted by atomic mass is 10.0. The summed E-state index contributed by atoms with van der Waals surface area (Å²) in [5.41, 5.74) is 1.85. The van der Waals surface area contributed by atoms with Crippen LogP contribution >= 0.6 is 0 Å². The van der Waals surface area contributed by atoms with Crippen molar-refractivity contribution in [2.45, 2.75) is 122 Å². The number of rotatable bonds is 30. The molecule has 0 heterocycles. The Morgan fingerprint density at radius 1 is 0.545 bits per heavy atom. The summed E-state index contributed by atoms with van der Waals surface area (Å²) in [4.78, 5) is 62.3. The minimum absolute atomic E-state index is 0.229. The largest absolute Gasteiger partial charge is 0.387 e. The third kappa shape index (κ3) is 24.4. The van der Waals surface area contributed by atoms with Crippen LogP contribution < -0.4 is 42.5 Å². The van der Waals surface area contributed by atoms with Crippen molar-refractivity contribution in [3.63, 3.8) is 0 Å². The van der Waals surface area contributed by atoms with Crippen LogP contribution in [-0.2, 0) is 43.6 Å². The van der Waals surface area contributed by atoms with Gasteiger partial charge < -0.3 is 47.2 Å². The average Bonchev–Trinajstić information content (AvgIpc) is 3.26. The molecule has 66 heavy (non-hydrogen) atoms. The van der Waals surface area contributed by atoms with Crippen molar-refractivity contribution in [3.05, 3.63) is 71.8 Å². The molecule has 0 saturated carbocycles. The number of hydrogen-bond acceptors (Lipinski definition) is 16. The molecule has 11 N–H and O–H groups in total. The van der Waals surface area contributed by atoms with E-state index in [2.05, 4.69) is 42.5 Å². The molecular weight excluding hydrogens is 897 g/mol. The molecule has 2 rings (SSSR count). The van der Waals surface area contributed by atoms with Crippen LogP contribution in [0.3, 0.4) is 0 Å². The molecule has 0 aliphatic heterocycles. The van der Waals surface area contributed by atoms with Gasteiger partial charge in [0.1, 0.15) is 44.1 Å². The minimum atomic E-state index is -3.44. The van der Waals surface area contributed by atoms with Crippen molar-refractivity contribution in [1.82, 2.24) is 42.5 Å². The highest BCUT2D eigenvalue weighted by Crippen LogP contribution is 2.12. The smallest absolute Gasteiger partial charge is 0.238 e. The van der Waals surface area contributed by atoms with Gasteiger partial charge in [0.15, 0.2) is 12.0 Å². The molecule has 0 spiro atoms. The van der Waals surface area contributed by atoms with E-state index in [0.717, 1.165) is 23.6 Å². The zero-order valence-corrected chi connectivity index (χ0v) is 41.0. The maximum absolute atomic E-state index is 12.7. The molecule has 0 bridgehead atoms. The van der Waals surface area contributed by atoms with Crippen molar-refractivity contribution in [1.29, 1.82) is 0 Å². The van der Waals surface area contributed by atoms with Crippen molar-refractivity contribution in [3.8, 4) is 0 Å². The molecule has 9 unspecified atom stereocenters. The summed E-state index contributed by atoms with van der Waals surface area (Å²) in [6.45, 7) is 11.0. The number of carbonyl (C=O) groups is 5. The van der Waals surface area contributed by atoms with E-state index in [1.165, 1.54) is 0 Å². The van der Waals surface area contributed by atoms with Gasteiger partial charge in [-0.15, -0.1) is 0 Å². The van der Waals surface area contributed by atoms with Crippen LogP contribution in [0.25, 0.3) is 0 Å². The van der Waals surface area contributed by atoms with E-state index in [0.29, 0.717) is 32.4 Å². The summed E-state index contributed by atoms with van der Waals surface area (Å²) in [7, 11) is -6.85. The number of hydrogen-bond donors (Lipinski definition) is 11. The Morgan fingerprint density at radius 2 is 0.955 bits per heavy atom. The van der Waals surface area contributed by atoms with Crippen molar-refractivity contribution >= 4 is 49.1 Å². The molecule has 0 fully saturated rings. The highest BCUT2D eigenvalue weighted by atomic mass is 32.2. The fourth-order valence-corrected chi connectivity index (χ4v) is 8.33. The maximum atomic E-state index is 12.7. The predicted molar refractivity (Wildman–Crippen MR) is 253 cm³/mol. The molecule has 9 atom stereocenters. The van der Waals surface area contributed by atoms with E-state index < -0.39 is 91.7 Å². The van der Waals surface area contributed by atoms with Gasteiger partial charge in [0, 0.05) is 12.5 Å². The molecule has 22 heteroatoms. The molecule has 2 aromatic rings. The van der Waals surface area contributed by atoms with Gasteiger partial charge in [-0.3, -0.25) is 34.6 Å². The summed E-state index contributed by atoms with van der Waals surface area (Å²) < 4.78 is 46.5. The van der Waals surface area contributed by atoms with Crippen LogP contribution in [0.1, 0.15) is 90.4 Å². The highest BCUT2D eigenvalue weighted by Gasteiger charge is 2.32. The Hall–Kier alpha value is -4.39. The van der Waals surface area contributed by atoms with Gasteiger partial charge in [-0.25, -0.2) is 16.8 Å². The lowest BCUT2D eigenvalue weighted by Crippen LogP contribution is -2.58. The number of carbonyl (C=O) groups excluding carboxylic acids is 5. The van der Waals surface area contributed by atoms with Gasteiger partial charge in [-0.1, -0.05) is 101 Å². The second kappa shape index (κ2) is 30.8. The summed E-state index contributed by atoms with van der Waals surface area (Å²) in [5.74, 6) is -3.51.